The van der Waals surface area contributed by atoms with Gasteiger partial charge in [0.2, 0.25) is 0 Å². The molecule has 7 heteroatoms. The van der Waals surface area contributed by atoms with E-state index in [1.807, 2.05) is 30.3 Å². The molecular formula is C24H32N6O. The molecule has 0 radical (unpaired) electrons. The van der Waals surface area contributed by atoms with E-state index in [1.54, 1.807) is 6.33 Å². The normalized spacial score (nSPS) is 11.4. The third-order valence-electron chi connectivity index (χ3n) is 4.84. The molecule has 0 aliphatic heterocycles. The molecule has 7 nitrogen and oxygen atoms in total. The van der Waals surface area contributed by atoms with Gasteiger partial charge in [-0.2, -0.15) is 0 Å². The summed E-state index contributed by atoms with van der Waals surface area (Å²) in [7, 11) is 0. The molecular weight excluding hydrogens is 388 g/mol. The predicted molar refractivity (Wildman–Crippen MR) is 124 cm³/mol. The quantitative estimate of drug-likeness (QED) is 0.368. The highest BCUT2D eigenvalue weighted by Gasteiger charge is 2.03. The van der Waals surface area contributed by atoms with E-state index in [0.717, 1.165) is 50.0 Å². The van der Waals surface area contributed by atoms with Crippen LogP contribution in [0.3, 0.4) is 0 Å². The number of benzene rings is 2. The van der Waals surface area contributed by atoms with Crippen LogP contribution in [-0.4, -0.2) is 40.4 Å². The van der Waals surface area contributed by atoms with Crippen LogP contribution >= 0.6 is 0 Å². The molecule has 0 saturated heterocycles. The lowest BCUT2D eigenvalue weighted by Crippen LogP contribution is -2.39. The van der Waals surface area contributed by atoms with E-state index in [1.165, 1.54) is 11.1 Å². The molecule has 0 aliphatic carbocycles. The van der Waals surface area contributed by atoms with Crippen LogP contribution in [0.4, 0.5) is 0 Å². The van der Waals surface area contributed by atoms with Gasteiger partial charge in [-0.1, -0.05) is 49.4 Å². The molecule has 0 unspecified atom stereocenters. The molecule has 0 amide bonds. The summed E-state index contributed by atoms with van der Waals surface area (Å²) >= 11 is 0. The minimum absolute atomic E-state index is 0.580. The van der Waals surface area contributed by atoms with Crippen LogP contribution < -0.4 is 15.4 Å². The first kappa shape index (κ1) is 22.3. The molecule has 1 aromatic heterocycles. The van der Waals surface area contributed by atoms with Crippen molar-refractivity contribution in [1.29, 1.82) is 0 Å². The van der Waals surface area contributed by atoms with E-state index in [4.69, 9.17) is 9.73 Å². The smallest absolute Gasteiger partial charge is 0.191 e. The van der Waals surface area contributed by atoms with Crippen LogP contribution in [-0.2, 0) is 26.0 Å². The van der Waals surface area contributed by atoms with E-state index in [2.05, 4.69) is 63.5 Å². The maximum Gasteiger partial charge on any atom is 0.191 e. The maximum absolute atomic E-state index is 5.85. The standard InChI is InChI=1S/C24H32N6O/c1-3-23-29-28-19-30(23)17-16-27-24(25-4-2)26-15-14-20-10-12-22(13-11-20)31-18-21-8-6-5-7-9-21/h5-13,19H,3-4,14-18H2,1-2H3,(H2,25,26,27). The minimum atomic E-state index is 0.580. The number of aromatic nitrogens is 3. The molecule has 31 heavy (non-hydrogen) atoms. The predicted octanol–water partition coefficient (Wildman–Crippen LogP) is 3.22. The Bertz CT molecular complexity index is 921. The van der Waals surface area contributed by atoms with E-state index in [0.29, 0.717) is 13.2 Å². The molecule has 164 valence electrons. The van der Waals surface area contributed by atoms with Crippen LogP contribution in [0.2, 0.25) is 0 Å². The van der Waals surface area contributed by atoms with E-state index in [-0.39, 0.29) is 0 Å². The number of hydrogen-bond donors (Lipinski definition) is 2. The van der Waals surface area contributed by atoms with E-state index in [9.17, 15) is 0 Å². The van der Waals surface area contributed by atoms with Crippen molar-refractivity contribution >= 4 is 5.96 Å². The molecule has 0 saturated carbocycles. The second-order valence-electron chi connectivity index (χ2n) is 7.15. The second-order valence-corrected chi connectivity index (χ2v) is 7.15. The van der Waals surface area contributed by atoms with Crippen molar-refractivity contribution in [2.45, 2.75) is 39.8 Å². The van der Waals surface area contributed by atoms with Gasteiger partial charge in [0.1, 0.15) is 24.5 Å². The lowest BCUT2D eigenvalue weighted by atomic mass is 10.1. The molecule has 1 heterocycles. The Kier molecular flexibility index (Phi) is 8.91. The molecule has 0 spiro atoms. The van der Waals surface area contributed by atoms with Crippen molar-refractivity contribution in [1.82, 2.24) is 25.4 Å². The number of rotatable bonds is 11. The lowest BCUT2D eigenvalue weighted by molar-refractivity contribution is 0.306. The highest BCUT2D eigenvalue weighted by atomic mass is 16.5. The lowest BCUT2D eigenvalue weighted by Gasteiger charge is -2.12. The van der Waals surface area contributed by atoms with Gasteiger partial charge in [0.15, 0.2) is 5.96 Å². The number of aryl methyl sites for hydroxylation is 1. The van der Waals surface area contributed by atoms with Crippen molar-refractivity contribution in [2.24, 2.45) is 4.99 Å². The summed E-state index contributed by atoms with van der Waals surface area (Å²) in [5.74, 6) is 2.71. The molecule has 0 fully saturated rings. The van der Waals surface area contributed by atoms with Crippen molar-refractivity contribution in [3.8, 4) is 5.75 Å². The maximum atomic E-state index is 5.85. The van der Waals surface area contributed by atoms with Gasteiger partial charge in [0.05, 0.1) is 0 Å². The van der Waals surface area contributed by atoms with Crippen molar-refractivity contribution < 1.29 is 4.74 Å². The Morgan fingerprint density at radius 1 is 1.00 bits per heavy atom. The van der Waals surface area contributed by atoms with Gasteiger partial charge in [-0.25, -0.2) is 0 Å². The molecule has 2 N–H and O–H groups in total. The average Bonchev–Trinajstić information content (AvgIpc) is 3.27. The highest BCUT2D eigenvalue weighted by Crippen LogP contribution is 2.14. The summed E-state index contributed by atoms with van der Waals surface area (Å²) in [6.45, 7) is 7.85. The number of guanidine groups is 1. The van der Waals surface area contributed by atoms with Crippen LogP contribution in [0.15, 0.2) is 65.9 Å². The second kappa shape index (κ2) is 12.4. The van der Waals surface area contributed by atoms with E-state index >= 15 is 0 Å². The number of nitrogens with zero attached hydrogens (tertiary/aromatic N) is 4. The zero-order valence-corrected chi connectivity index (χ0v) is 18.4. The van der Waals surface area contributed by atoms with Crippen LogP contribution in [0, 0.1) is 0 Å². The first-order valence-corrected chi connectivity index (χ1v) is 10.9. The molecule has 2 aromatic carbocycles. The van der Waals surface area contributed by atoms with Crippen LogP contribution in [0.1, 0.15) is 30.8 Å². The number of ether oxygens (including phenoxy) is 1. The number of nitrogens with one attached hydrogen (secondary N) is 2. The first-order chi connectivity index (χ1) is 15.3. The SMILES string of the molecule is CCNC(=NCCc1ccc(OCc2ccccc2)cc1)NCCn1cnnc1CC. The van der Waals surface area contributed by atoms with Gasteiger partial charge in [0, 0.05) is 32.6 Å². The summed E-state index contributed by atoms with van der Waals surface area (Å²) in [5.41, 5.74) is 2.41. The fourth-order valence-corrected chi connectivity index (χ4v) is 3.17. The summed E-state index contributed by atoms with van der Waals surface area (Å²) in [5, 5.41) is 14.8. The minimum Gasteiger partial charge on any atom is -0.489 e. The summed E-state index contributed by atoms with van der Waals surface area (Å²) < 4.78 is 7.92. The fraction of sp³-hybridized carbons (Fsp3) is 0.375. The van der Waals surface area contributed by atoms with E-state index < -0.39 is 0 Å². The average molecular weight is 421 g/mol. The number of aliphatic imine (C=N–C) groups is 1. The largest absolute Gasteiger partial charge is 0.489 e. The molecule has 0 bridgehead atoms. The molecule has 3 aromatic rings. The van der Waals surface area contributed by atoms with Crippen molar-refractivity contribution in [2.75, 3.05) is 19.6 Å². The Morgan fingerprint density at radius 2 is 1.81 bits per heavy atom. The summed E-state index contributed by atoms with van der Waals surface area (Å²) in [4.78, 5) is 4.69. The number of hydrogen-bond acceptors (Lipinski definition) is 4. The zero-order valence-electron chi connectivity index (χ0n) is 18.4. The van der Waals surface area contributed by atoms with Gasteiger partial charge in [-0.05, 0) is 36.6 Å². The Morgan fingerprint density at radius 3 is 2.55 bits per heavy atom. The molecule has 0 aliphatic rings. The molecule has 0 atom stereocenters. The zero-order chi connectivity index (χ0) is 21.7. The van der Waals surface area contributed by atoms with Crippen molar-refractivity contribution in [3.05, 3.63) is 77.9 Å². The fourth-order valence-electron chi connectivity index (χ4n) is 3.17. The third kappa shape index (κ3) is 7.44. The van der Waals surface area contributed by atoms with Gasteiger partial charge in [-0.15, -0.1) is 10.2 Å². The Balaban J connectivity index is 1.43. The van der Waals surface area contributed by atoms with Gasteiger partial charge in [-0.3, -0.25) is 4.99 Å². The van der Waals surface area contributed by atoms with Gasteiger partial charge < -0.3 is 19.9 Å². The van der Waals surface area contributed by atoms with Gasteiger partial charge in [0.25, 0.3) is 0 Å². The summed E-state index contributed by atoms with van der Waals surface area (Å²) in [6.07, 6.45) is 3.53. The summed E-state index contributed by atoms with van der Waals surface area (Å²) in [6, 6.07) is 18.5. The molecule has 3 rings (SSSR count). The Hall–Kier alpha value is -3.35. The third-order valence-corrected chi connectivity index (χ3v) is 4.84. The van der Waals surface area contributed by atoms with Crippen molar-refractivity contribution in [3.63, 3.8) is 0 Å². The highest BCUT2D eigenvalue weighted by molar-refractivity contribution is 5.79. The monoisotopic (exact) mass is 420 g/mol. The Labute approximate surface area is 184 Å². The topological polar surface area (TPSA) is 76.4 Å². The van der Waals surface area contributed by atoms with Gasteiger partial charge >= 0.3 is 0 Å². The van der Waals surface area contributed by atoms with Crippen LogP contribution in [0.25, 0.3) is 0 Å². The first-order valence-electron chi connectivity index (χ1n) is 10.9. The van der Waals surface area contributed by atoms with Crippen LogP contribution in [0.5, 0.6) is 5.75 Å².